The third-order valence-corrected chi connectivity index (χ3v) is 7.25. The molecular formula is C29H32Cl2N2O2. The molecule has 0 aromatic heterocycles. The van der Waals surface area contributed by atoms with Crippen LogP contribution in [0.2, 0.25) is 10.0 Å². The van der Waals surface area contributed by atoms with Crippen molar-refractivity contribution in [3.8, 4) is 0 Å². The maximum atomic E-state index is 11.5. The number of unbranched alkanes of at least 4 members (excludes halogenated alkanes) is 1. The molecule has 0 radical (unpaired) electrons. The summed E-state index contributed by atoms with van der Waals surface area (Å²) in [4.78, 5) is 18.1. The van der Waals surface area contributed by atoms with Crippen molar-refractivity contribution in [3.63, 3.8) is 0 Å². The van der Waals surface area contributed by atoms with Crippen molar-refractivity contribution < 1.29 is 9.63 Å². The molecule has 2 N–H and O–H groups in total. The first-order valence-electron chi connectivity index (χ1n) is 12.1. The zero-order valence-corrected chi connectivity index (χ0v) is 21.8. The number of nitrogens with zero attached hydrogens (tertiary/aromatic N) is 1. The Bertz CT molecular complexity index is 1160. The summed E-state index contributed by atoms with van der Waals surface area (Å²) in [6.45, 7) is 4.78. The Morgan fingerprint density at radius 2 is 1.74 bits per heavy atom. The second kappa shape index (κ2) is 11.1. The maximum Gasteiger partial charge on any atom is 0.248 e. The molecule has 0 spiro atoms. The fourth-order valence-corrected chi connectivity index (χ4v) is 5.52. The number of primary amides is 1. The van der Waals surface area contributed by atoms with E-state index >= 15 is 0 Å². The highest BCUT2D eigenvalue weighted by molar-refractivity contribution is 6.34. The van der Waals surface area contributed by atoms with Gasteiger partial charge < -0.3 is 5.73 Å². The summed E-state index contributed by atoms with van der Waals surface area (Å²) in [5, 5.41) is 3.37. The predicted molar refractivity (Wildman–Crippen MR) is 143 cm³/mol. The number of rotatable bonds is 9. The van der Waals surface area contributed by atoms with E-state index in [1.807, 2.05) is 37.3 Å². The summed E-state index contributed by atoms with van der Waals surface area (Å²) in [5.74, 6) is -0.377. The van der Waals surface area contributed by atoms with Crippen LogP contribution in [0.4, 0.5) is 0 Å². The number of carbonyl (C=O) groups excluding carboxylic acids is 1. The first-order valence-corrected chi connectivity index (χ1v) is 12.8. The van der Waals surface area contributed by atoms with Crippen molar-refractivity contribution in [1.82, 2.24) is 5.06 Å². The van der Waals surface area contributed by atoms with Crippen LogP contribution in [0.3, 0.4) is 0 Å². The Balaban J connectivity index is 1.43. The molecule has 1 amide bonds. The van der Waals surface area contributed by atoms with E-state index in [4.69, 9.17) is 33.8 Å². The molecule has 3 aromatic carbocycles. The van der Waals surface area contributed by atoms with Crippen molar-refractivity contribution in [2.45, 2.75) is 64.1 Å². The monoisotopic (exact) mass is 510 g/mol. The number of hydrogen-bond acceptors (Lipinski definition) is 3. The molecule has 1 aliphatic rings. The Morgan fingerprint density at radius 3 is 2.40 bits per heavy atom. The summed E-state index contributed by atoms with van der Waals surface area (Å²) in [7, 11) is 0. The van der Waals surface area contributed by atoms with E-state index in [2.05, 4.69) is 42.3 Å². The zero-order chi connectivity index (χ0) is 25.0. The van der Waals surface area contributed by atoms with Gasteiger partial charge in [0, 0.05) is 34.6 Å². The highest BCUT2D eigenvalue weighted by atomic mass is 35.5. The summed E-state index contributed by atoms with van der Waals surface area (Å²) in [5.41, 5.74) is 9.92. The molecule has 1 fully saturated rings. The van der Waals surface area contributed by atoms with Crippen LogP contribution in [-0.4, -0.2) is 17.0 Å². The minimum absolute atomic E-state index is 0.275. The molecule has 4 rings (SSSR count). The molecule has 1 aliphatic heterocycles. The molecule has 3 aromatic rings. The van der Waals surface area contributed by atoms with E-state index in [1.54, 1.807) is 6.07 Å². The largest absolute Gasteiger partial charge is 0.366 e. The lowest BCUT2D eigenvalue weighted by Crippen LogP contribution is -2.28. The molecule has 1 heterocycles. The fraction of sp³-hybridized carbons (Fsp3) is 0.345. The normalized spacial score (nSPS) is 20.3. The summed E-state index contributed by atoms with van der Waals surface area (Å²) >= 11 is 12.6. The van der Waals surface area contributed by atoms with Gasteiger partial charge in [0.05, 0.1) is 0 Å². The number of hydrogen-bond donors (Lipinski definition) is 1. The summed E-state index contributed by atoms with van der Waals surface area (Å²) in [6.07, 6.45) is 4.98. The summed E-state index contributed by atoms with van der Waals surface area (Å²) in [6, 6.07) is 22.2. The Morgan fingerprint density at radius 1 is 1.03 bits per heavy atom. The average molecular weight is 511 g/mol. The van der Waals surface area contributed by atoms with Crippen molar-refractivity contribution >= 4 is 29.1 Å². The number of halogens is 2. The van der Waals surface area contributed by atoms with Gasteiger partial charge in [-0.1, -0.05) is 72.1 Å². The van der Waals surface area contributed by atoms with Crippen molar-refractivity contribution in [2.75, 3.05) is 0 Å². The van der Waals surface area contributed by atoms with Gasteiger partial charge in [0.2, 0.25) is 5.91 Å². The molecule has 6 heteroatoms. The van der Waals surface area contributed by atoms with E-state index in [0.29, 0.717) is 15.6 Å². The highest BCUT2D eigenvalue weighted by Crippen LogP contribution is 2.43. The van der Waals surface area contributed by atoms with Gasteiger partial charge in [0.25, 0.3) is 0 Å². The molecular weight excluding hydrogens is 479 g/mol. The van der Waals surface area contributed by atoms with Crippen LogP contribution in [0.5, 0.6) is 0 Å². The third kappa shape index (κ3) is 6.45. The van der Waals surface area contributed by atoms with Crippen LogP contribution in [0.15, 0.2) is 66.7 Å². The topological polar surface area (TPSA) is 55.6 Å². The number of aryl methyl sites for hydroxylation is 2. The number of amides is 1. The molecule has 2 atom stereocenters. The van der Waals surface area contributed by atoms with Gasteiger partial charge in [-0.05, 0) is 79.6 Å². The Hall–Kier alpha value is -2.37. The second-order valence-electron chi connectivity index (χ2n) is 9.66. The molecule has 35 heavy (non-hydrogen) atoms. The SMILES string of the molecule is Cc1cc(CCCCC2CC(C)(c3cc(Cl)cc(Cl)c3)ON2Cc2ccccc2)ccc1C(N)=O. The van der Waals surface area contributed by atoms with E-state index in [9.17, 15) is 4.79 Å². The van der Waals surface area contributed by atoms with Crippen molar-refractivity contribution in [2.24, 2.45) is 5.73 Å². The van der Waals surface area contributed by atoms with Crippen LogP contribution in [0, 0.1) is 6.92 Å². The zero-order valence-electron chi connectivity index (χ0n) is 20.3. The number of benzene rings is 3. The number of hydroxylamine groups is 2. The van der Waals surface area contributed by atoms with Crippen molar-refractivity contribution in [1.29, 1.82) is 0 Å². The Labute approximate surface area is 217 Å². The van der Waals surface area contributed by atoms with Gasteiger partial charge in [-0.2, -0.15) is 5.06 Å². The van der Waals surface area contributed by atoms with Crippen LogP contribution in [0.1, 0.15) is 65.2 Å². The molecule has 0 aliphatic carbocycles. The molecule has 2 unspecified atom stereocenters. The lowest BCUT2D eigenvalue weighted by atomic mass is 9.88. The van der Waals surface area contributed by atoms with Crippen LogP contribution in [0.25, 0.3) is 0 Å². The Kier molecular flexibility index (Phi) is 8.18. The first kappa shape index (κ1) is 25.7. The van der Waals surface area contributed by atoms with Gasteiger partial charge in [-0.15, -0.1) is 0 Å². The van der Waals surface area contributed by atoms with E-state index < -0.39 is 5.60 Å². The third-order valence-electron chi connectivity index (χ3n) is 6.81. The van der Waals surface area contributed by atoms with E-state index in [-0.39, 0.29) is 11.9 Å². The molecule has 4 nitrogen and oxygen atoms in total. The number of nitrogens with two attached hydrogens (primary N) is 1. The van der Waals surface area contributed by atoms with Gasteiger partial charge in [-0.3, -0.25) is 9.63 Å². The fourth-order valence-electron chi connectivity index (χ4n) is 4.99. The molecule has 0 bridgehead atoms. The van der Waals surface area contributed by atoms with E-state index in [1.165, 1.54) is 11.1 Å². The predicted octanol–water partition coefficient (Wildman–Crippen LogP) is 7.24. The van der Waals surface area contributed by atoms with Gasteiger partial charge in [0.1, 0.15) is 5.60 Å². The van der Waals surface area contributed by atoms with Crippen LogP contribution >= 0.6 is 23.2 Å². The van der Waals surface area contributed by atoms with Crippen LogP contribution < -0.4 is 5.73 Å². The van der Waals surface area contributed by atoms with Crippen molar-refractivity contribution in [3.05, 3.63) is 105 Å². The minimum atomic E-state index is -0.490. The summed E-state index contributed by atoms with van der Waals surface area (Å²) < 4.78 is 0. The lowest BCUT2D eigenvalue weighted by molar-refractivity contribution is -0.210. The molecule has 1 saturated heterocycles. The van der Waals surface area contributed by atoms with E-state index in [0.717, 1.165) is 49.8 Å². The van der Waals surface area contributed by atoms with Gasteiger partial charge >= 0.3 is 0 Å². The highest BCUT2D eigenvalue weighted by Gasteiger charge is 2.43. The second-order valence-corrected chi connectivity index (χ2v) is 10.5. The smallest absolute Gasteiger partial charge is 0.248 e. The average Bonchev–Trinajstić information content (AvgIpc) is 3.13. The lowest BCUT2D eigenvalue weighted by Gasteiger charge is -2.26. The maximum absolute atomic E-state index is 11.5. The van der Waals surface area contributed by atoms with Gasteiger partial charge in [0.15, 0.2) is 0 Å². The first-order chi connectivity index (χ1) is 16.7. The van der Waals surface area contributed by atoms with Gasteiger partial charge in [-0.25, -0.2) is 0 Å². The quantitative estimate of drug-likeness (QED) is 0.308. The van der Waals surface area contributed by atoms with Crippen LogP contribution in [-0.2, 0) is 23.4 Å². The minimum Gasteiger partial charge on any atom is -0.366 e. The number of carbonyl (C=O) groups is 1. The molecule has 184 valence electrons. The molecule has 0 saturated carbocycles. The standard InChI is InChI=1S/C29H32Cl2N2O2/c1-20-14-21(12-13-27(20)28(32)34)8-6-7-11-26-18-29(2,23-15-24(30)17-25(31)16-23)35-33(26)19-22-9-4-3-5-10-22/h3-5,9-10,12-17,26H,6-8,11,18-19H2,1-2H3,(H2,32,34).